The summed E-state index contributed by atoms with van der Waals surface area (Å²) in [7, 11) is 3.14. The Morgan fingerprint density at radius 2 is 1.68 bits per heavy atom. The number of halogens is 3. The van der Waals surface area contributed by atoms with E-state index in [1.807, 2.05) is 29.2 Å². The number of ketones is 1. The second kappa shape index (κ2) is 17.0. The fourth-order valence-corrected chi connectivity index (χ4v) is 11.5. The van der Waals surface area contributed by atoms with Crippen molar-refractivity contribution in [2.24, 2.45) is 28.6 Å². The lowest BCUT2D eigenvalue weighted by molar-refractivity contribution is -0.149. The Bertz CT molecular complexity index is 2110. The van der Waals surface area contributed by atoms with Crippen molar-refractivity contribution in [2.75, 3.05) is 27.3 Å². The highest BCUT2D eigenvalue weighted by Crippen LogP contribution is 2.62. The molecule has 10 heteroatoms. The van der Waals surface area contributed by atoms with Gasteiger partial charge < -0.3 is 24.6 Å². The highest BCUT2D eigenvalue weighted by atomic mass is 19.4. The SMILES string of the molecule is COc1ccc(CC(=O)N(C[C@@H]2CC[C@H]3C[C@@H]2C3(C)C)C[C@]2(O)CC[C@H]3c4ccc(cc4C(=O)c4cccc(C(F)(F)F)c4)C[C@@H](O)CCC(C)=CCC[C@@]32C)cc1OC. The summed E-state index contributed by atoms with van der Waals surface area (Å²) in [5.41, 5.74) is 0.624. The fourth-order valence-electron chi connectivity index (χ4n) is 11.5. The Morgan fingerprint density at radius 1 is 0.917 bits per heavy atom. The lowest BCUT2D eigenvalue weighted by Crippen LogP contribution is -2.58. The van der Waals surface area contributed by atoms with Gasteiger partial charge in [-0.1, -0.05) is 62.8 Å². The quantitative estimate of drug-likeness (QED) is 0.156. The number of methoxy groups -OCH3 is 2. The second-order valence-electron chi connectivity index (χ2n) is 19.2. The van der Waals surface area contributed by atoms with Crippen molar-refractivity contribution in [2.45, 2.75) is 122 Å². The van der Waals surface area contributed by atoms with Crippen LogP contribution in [0.1, 0.15) is 130 Å². The standard InChI is InChI=1S/C50H62F3NO6/c1-31-9-8-21-48(4)41(39-18-13-32(23-38(55)17-12-31)24-40(39)46(57)34-10-7-11-37(27-34)50(51,52)53)20-22-49(48,58)30-54(29-35-15-16-36-28-42(35)47(36,2)3)45(56)26-33-14-19-43(59-5)44(25-33)60-6/h7,9-11,13-14,18-19,24-25,27,35-36,38,41-42,55,58H,8,12,15-17,20-23,26,28-30H2,1-6H3/t35-,36-,38-,41-,42-,48-,49+/m0/s1. The Balaban J connectivity index is 1.28. The predicted molar refractivity (Wildman–Crippen MR) is 226 cm³/mol. The molecule has 0 spiro atoms. The largest absolute Gasteiger partial charge is 0.493 e. The van der Waals surface area contributed by atoms with Crippen molar-refractivity contribution in [1.82, 2.24) is 4.90 Å². The van der Waals surface area contributed by atoms with Crippen LogP contribution in [0, 0.1) is 28.6 Å². The van der Waals surface area contributed by atoms with Crippen LogP contribution in [0.2, 0.25) is 0 Å². The first kappa shape index (κ1) is 43.9. The first-order chi connectivity index (χ1) is 28.4. The Hall–Kier alpha value is -4.15. The summed E-state index contributed by atoms with van der Waals surface area (Å²) in [6.45, 7) is 9.48. The van der Waals surface area contributed by atoms with Gasteiger partial charge in [-0.2, -0.15) is 13.2 Å². The van der Waals surface area contributed by atoms with Gasteiger partial charge in [-0.05, 0) is 147 Å². The van der Waals surface area contributed by atoms with Crippen LogP contribution in [0.3, 0.4) is 0 Å². The van der Waals surface area contributed by atoms with E-state index in [0.717, 1.165) is 48.1 Å². The number of aliphatic hydroxyl groups excluding tert-OH is 1. The fraction of sp³-hybridized carbons (Fsp3) is 0.560. The molecule has 0 aliphatic heterocycles. The number of rotatable bonds is 10. The van der Waals surface area contributed by atoms with Crippen LogP contribution in [-0.4, -0.2) is 65.8 Å². The van der Waals surface area contributed by atoms with Crippen molar-refractivity contribution in [3.05, 3.63) is 106 Å². The van der Waals surface area contributed by atoms with Gasteiger partial charge in [-0.3, -0.25) is 9.59 Å². The summed E-state index contributed by atoms with van der Waals surface area (Å²) in [5.74, 6) is 1.61. The lowest BCUT2D eigenvalue weighted by atomic mass is 9.45. The van der Waals surface area contributed by atoms with Crippen LogP contribution in [-0.2, 0) is 23.8 Å². The molecule has 0 unspecified atom stereocenters. The summed E-state index contributed by atoms with van der Waals surface area (Å²) in [6, 6.07) is 15.6. The number of amides is 1. The molecule has 6 aliphatic carbocycles. The van der Waals surface area contributed by atoms with Gasteiger partial charge in [0.15, 0.2) is 17.3 Å². The molecular formula is C50H62F3NO6. The van der Waals surface area contributed by atoms with Gasteiger partial charge in [0.25, 0.3) is 0 Å². The van der Waals surface area contributed by atoms with Gasteiger partial charge in [-0.25, -0.2) is 0 Å². The van der Waals surface area contributed by atoms with Crippen molar-refractivity contribution >= 4 is 11.7 Å². The average molecular weight is 830 g/mol. The zero-order valence-electron chi connectivity index (χ0n) is 36.0. The van der Waals surface area contributed by atoms with Gasteiger partial charge in [-0.15, -0.1) is 0 Å². The van der Waals surface area contributed by atoms with Crippen molar-refractivity contribution in [3.63, 3.8) is 0 Å². The maximum Gasteiger partial charge on any atom is 0.416 e. The van der Waals surface area contributed by atoms with E-state index in [9.17, 15) is 33.0 Å². The number of nitrogens with zero attached hydrogens (tertiary/aromatic N) is 1. The van der Waals surface area contributed by atoms with Gasteiger partial charge in [0.2, 0.25) is 5.91 Å². The maximum atomic E-state index is 14.7. The van der Waals surface area contributed by atoms with Gasteiger partial charge in [0.1, 0.15) is 0 Å². The molecule has 0 aromatic heterocycles. The lowest BCUT2D eigenvalue weighted by Gasteiger charge is -2.61. The number of fused-ring (bicyclic) bond motifs is 10. The van der Waals surface area contributed by atoms with E-state index < -0.39 is 34.6 Å². The average Bonchev–Trinajstić information content (AvgIpc) is 3.47. The molecule has 4 saturated carbocycles. The zero-order chi connectivity index (χ0) is 43.2. The van der Waals surface area contributed by atoms with E-state index >= 15 is 0 Å². The molecule has 6 aliphatic rings. The third kappa shape index (κ3) is 8.52. The molecule has 1 amide bonds. The predicted octanol–water partition coefficient (Wildman–Crippen LogP) is 10.1. The number of aliphatic hydroxyl groups is 2. The Morgan fingerprint density at radius 3 is 2.38 bits per heavy atom. The number of hydrogen-bond acceptors (Lipinski definition) is 6. The zero-order valence-corrected chi connectivity index (χ0v) is 36.0. The van der Waals surface area contributed by atoms with E-state index in [-0.39, 0.29) is 41.3 Å². The van der Waals surface area contributed by atoms with E-state index in [0.29, 0.717) is 86.3 Å². The minimum absolute atomic E-state index is 0.0704. The van der Waals surface area contributed by atoms with Crippen molar-refractivity contribution < 1.29 is 42.4 Å². The number of hydrogen-bond donors (Lipinski definition) is 2. The van der Waals surface area contributed by atoms with E-state index in [4.69, 9.17) is 9.47 Å². The molecule has 0 heterocycles. The highest BCUT2D eigenvalue weighted by molar-refractivity contribution is 6.10. The topological polar surface area (TPSA) is 96.3 Å². The molecule has 0 saturated heterocycles. The van der Waals surface area contributed by atoms with Gasteiger partial charge in [0, 0.05) is 29.6 Å². The third-order valence-electron chi connectivity index (χ3n) is 15.4. The van der Waals surface area contributed by atoms with E-state index in [1.165, 1.54) is 12.1 Å². The number of benzene rings is 3. The molecule has 4 fully saturated rings. The minimum atomic E-state index is -4.62. The summed E-state index contributed by atoms with van der Waals surface area (Å²) in [6.07, 6.45) is 3.86. The first-order valence-corrected chi connectivity index (χ1v) is 21.8. The molecule has 2 N–H and O–H groups in total. The van der Waals surface area contributed by atoms with Crippen LogP contribution in [0.25, 0.3) is 0 Å². The number of allylic oxidation sites excluding steroid dienone is 2. The van der Waals surface area contributed by atoms with Crippen LogP contribution >= 0.6 is 0 Å². The highest BCUT2D eigenvalue weighted by Gasteiger charge is 2.59. The van der Waals surface area contributed by atoms with Crippen LogP contribution in [0.4, 0.5) is 13.2 Å². The maximum absolute atomic E-state index is 14.7. The van der Waals surface area contributed by atoms with Crippen LogP contribution in [0.15, 0.2) is 72.3 Å². The molecule has 3 aromatic carbocycles. The Labute approximate surface area is 353 Å². The number of ether oxygens (including phenoxy) is 2. The van der Waals surface area contributed by atoms with Gasteiger partial charge >= 0.3 is 6.18 Å². The Kier molecular flexibility index (Phi) is 12.4. The number of alkyl halides is 3. The van der Waals surface area contributed by atoms with E-state index in [2.05, 4.69) is 33.8 Å². The summed E-state index contributed by atoms with van der Waals surface area (Å²) in [5, 5.41) is 24.3. The summed E-state index contributed by atoms with van der Waals surface area (Å²) < 4.78 is 52.7. The number of carbonyl (C=O) groups is 2. The van der Waals surface area contributed by atoms with E-state index in [1.54, 1.807) is 26.4 Å². The molecule has 60 heavy (non-hydrogen) atoms. The third-order valence-corrected chi connectivity index (χ3v) is 15.4. The normalized spacial score (nSPS) is 28.8. The first-order valence-electron chi connectivity index (χ1n) is 21.8. The van der Waals surface area contributed by atoms with Crippen molar-refractivity contribution in [3.8, 4) is 11.5 Å². The minimum Gasteiger partial charge on any atom is -0.493 e. The second-order valence-corrected chi connectivity index (χ2v) is 19.2. The molecule has 7 nitrogen and oxygen atoms in total. The van der Waals surface area contributed by atoms with Crippen molar-refractivity contribution in [1.29, 1.82) is 0 Å². The summed E-state index contributed by atoms with van der Waals surface area (Å²) >= 11 is 0. The molecule has 7 atom stereocenters. The molecule has 9 rings (SSSR count). The molecule has 324 valence electrons. The number of carbonyl (C=O) groups excluding carboxylic acids is 2. The molecule has 4 bridgehead atoms. The van der Waals surface area contributed by atoms with Crippen LogP contribution < -0.4 is 9.47 Å². The smallest absolute Gasteiger partial charge is 0.416 e. The van der Waals surface area contributed by atoms with Gasteiger partial charge in [0.05, 0.1) is 37.9 Å². The molecule has 3 aromatic rings. The summed E-state index contributed by atoms with van der Waals surface area (Å²) in [4.78, 5) is 31.2. The van der Waals surface area contributed by atoms with Crippen LogP contribution in [0.5, 0.6) is 11.5 Å². The molecular weight excluding hydrogens is 768 g/mol. The molecule has 0 radical (unpaired) electrons. The monoisotopic (exact) mass is 829 g/mol.